The molecule has 0 saturated carbocycles. The number of carbonyl (C=O) groups excluding carboxylic acids is 1. The van der Waals surface area contributed by atoms with Crippen molar-refractivity contribution in [3.63, 3.8) is 0 Å². The monoisotopic (exact) mass is 384 g/mol. The number of halogens is 1. The Kier molecular flexibility index (Phi) is 6.66. The lowest BCUT2D eigenvalue weighted by Gasteiger charge is -2.26. The summed E-state index contributed by atoms with van der Waals surface area (Å²) in [6, 6.07) is 12.1. The summed E-state index contributed by atoms with van der Waals surface area (Å²) in [5.74, 6) is 1.13. The van der Waals surface area contributed by atoms with Gasteiger partial charge < -0.3 is 14.8 Å². The smallest absolute Gasteiger partial charge is 0.247 e. The van der Waals surface area contributed by atoms with E-state index in [4.69, 9.17) is 9.47 Å². The summed E-state index contributed by atoms with van der Waals surface area (Å²) in [5, 5.41) is 2.96. The maximum absolute atomic E-state index is 13.3. The fraction of sp³-hybridized carbons (Fsp3) is 0.318. The molecule has 0 aromatic heterocycles. The lowest BCUT2D eigenvalue weighted by atomic mass is 10.1. The van der Waals surface area contributed by atoms with Crippen LogP contribution < -0.4 is 14.8 Å². The molecule has 0 atom stereocenters. The lowest BCUT2D eigenvalue weighted by molar-refractivity contribution is -0.118. The van der Waals surface area contributed by atoms with Crippen molar-refractivity contribution < 1.29 is 18.7 Å². The predicted molar refractivity (Wildman–Crippen MR) is 106 cm³/mol. The SMILES string of the molecule is COc1ccc(OC)c(CNC(=O)C2=CCN(Cc3cccc(F)c3)CC2)c1. The zero-order chi connectivity index (χ0) is 19.9. The highest BCUT2D eigenvalue weighted by molar-refractivity contribution is 5.93. The number of carbonyl (C=O) groups is 1. The fourth-order valence-electron chi connectivity index (χ4n) is 3.26. The van der Waals surface area contributed by atoms with Gasteiger partial charge >= 0.3 is 0 Å². The molecule has 0 radical (unpaired) electrons. The van der Waals surface area contributed by atoms with Crippen LogP contribution in [-0.2, 0) is 17.9 Å². The van der Waals surface area contributed by atoms with Crippen LogP contribution in [0, 0.1) is 5.82 Å². The summed E-state index contributed by atoms with van der Waals surface area (Å²) >= 11 is 0. The van der Waals surface area contributed by atoms with E-state index < -0.39 is 0 Å². The molecule has 1 amide bonds. The molecule has 0 unspecified atom stereocenters. The number of methoxy groups -OCH3 is 2. The van der Waals surface area contributed by atoms with Gasteiger partial charge in [0, 0.05) is 37.3 Å². The van der Waals surface area contributed by atoms with E-state index >= 15 is 0 Å². The Balaban J connectivity index is 1.55. The van der Waals surface area contributed by atoms with Gasteiger partial charge in [0.05, 0.1) is 14.2 Å². The molecule has 1 aliphatic heterocycles. The number of amides is 1. The van der Waals surface area contributed by atoms with Gasteiger partial charge in [-0.15, -0.1) is 0 Å². The number of nitrogens with zero attached hydrogens (tertiary/aromatic N) is 1. The highest BCUT2D eigenvalue weighted by Crippen LogP contribution is 2.24. The van der Waals surface area contributed by atoms with E-state index in [-0.39, 0.29) is 11.7 Å². The number of hydrogen-bond donors (Lipinski definition) is 1. The maximum Gasteiger partial charge on any atom is 0.247 e. The highest BCUT2D eigenvalue weighted by atomic mass is 19.1. The second-order valence-electron chi connectivity index (χ2n) is 6.70. The Morgan fingerprint density at radius 2 is 2.04 bits per heavy atom. The molecular weight excluding hydrogens is 359 g/mol. The first-order valence-corrected chi connectivity index (χ1v) is 9.24. The first-order chi connectivity index (χ1) is 13.6. The van der Waals surface area contributed by atoms with Crippen LogP contribution in [0.2, 0.25) is 0 Å². The fourth-order valence-corrected chi connectivity index (χ4v) is 3.26. The molecule has 1 aliphatic rings. The van der Waals surface area contributed by atoms with Crippen molar-refractivity contribution in [2.24, 2.45) is 0 Å². The molecule has 0 saturated heterocycles. The van der Waals surface area contributed by atoms with Crippen molar-refractivity contribution in [1.29, 1.82) is 0 Å². The van der Waals surface area contributed by atoms with Gasteiger partial charge in [-0.25, -0.2) is 4.39 Å². The normalized spacial score (nSPS) is 14.3. The second kappa shape index (κ2) is 9.37. The molecule has 28 heavy (non-hydrogen) atoms. The number of hydrogen-bond acceptors (Lipinski definition) is 4. The zero-order valence-electron chi connectivity index (χ0n) is 16.2. The minimum Gasteiger partial charge on any atom is -0.497 e. The van der Waals surface area contributed by atoms with Crippen LogP contribution >= 0.6 is 0 Å². The number of ether oxygens (including phenoxy) is 2. The third kappa shape index (κ3) is 5.10. The van der Waals surface area contributed by atoms with E-state index in [1.54, 1.807) is 26.4 Å². The summed E-state index contributed by atoms with van der Waals surface area (Å²) in [5.41, 5.74) is 2.57. The molecule has 0 aliphatic carbocycles. The van der Waals surface area contributed by atoms with Crippen molar-refractivity contribution in [3.8, 4) is 11.5 Å². The molecule has 148 valence electrons. The number of rotatable bonds is 7. The molecule has 1 heterocycles. The van der Waals surface area contributed by atoms with Gasteiger partial charge in [0.1, 0.15) is 17.3 Å². The van der Waals surface area contributed by atoms with Crippen LogP contribution in [0.5, 0.6) is 11.5 Å². The average Bonchev–Trinajstić information content (AvgIpc) is 2.72. The van der Waals surface area contributed by atoms with Gasteiger partial charge in [-0.1, -0.05) is 18.2 Å². The molecule has 5 nitrogen and oxygen atoms in total. The predicted octanol–water partition coefficient (Wildman–Crippen LogP) is 3.29. The van der Waals surface area contributed by atoms with Crippen LogP contribution in [0.25, 0.3) is 0 Å². The highest BCUT2D eigenvalue weighted by Gasteiger charge is 2.17. The van der Waals surface area contributed by atoms with Crippen LogP contribution in [0.3, 0.4) is 0 Å². The van der Waals surface area contributed by atoms with Gasteiger partial charge in [0.2, 0.25) is 5.91 Å². The van der Waals surface area contributed by atoms with E-state index in [2.05, 4.69) is 10.2 Å². The summed E-state index contributed by atoms with van der Waals surface area (Å²) in [4.78, 5) is 14.7. The van der Waals surface area contributed by atoms with E-state index in [9.17, 15) is 9.18 Å². The summed E-state index contributed by atoms with van der Waals surface area (Å²) in [7, 11) is 3.20. The Morgan fingerprint density at radius 3 is 2.71 bits per heavy atom. The van der Waals surface area contributed by atoms with Crippen molar-refractivity contribution in [3.05, 3.63) is 71.1 Å². The molecular formula is C22H25FN2O3. The Labute approximate surface area is 164 Å². The van der Waals surface area contributed by atoms with Crippen LogP contribution in [0.4, 0.5) is 4.39 Å². The third-order valence-electron chi connectivity index (χ3n) is 4.81. The van der Waals surface area contributed by atoms with Gasteiger partial charge in [0.25, 0.3) is 0 Å². The van der Waals surface area contributed by atoms with Crippen LogP contribution in [0.15, 0.2) is 54.1 Å². The quantitative estimate of drug-likeness (QED) is 0.796. The lowest BCUT2D eigenvalue weighted by Crippen LogP contribution is -2.33. The van der Waals surface area contributed by atoms with E-state index in [1.807, 2.05) is 30.3 Å². The molecule has 2 aromatic carbocycles. The number of nitrogens with one attached hydrogen (secondary N) is 1. The van der Waals surface area contributed by atoms with Crippen molar-refractivity contribution in [2.45, 2.75) is 19.5 Å². The standard InChI is InChI=1S/C22H25FN2O3/c1-27-20-6-7-21(28-2)18(13-20)14-24-22(26)17-8-10-25(11-9-17)15-16-4-3-5-19(23)12-16/h3-8,12-13H,9-11,14-15H2,1-2H3,(H,24,26). The second-order valence-corrected chi connectivity index (χ2v) is 6.70. The topological polar surface area (TPSA) is 50.8 Å². The van der Waals surface area contributed by atoms with Gasteiger partial charge in [-0.2, -0.15) is 0 Å². The van der Waals surface area contributed by atoms with Gasteiger partial charge in [0.15, 0.2) is 0 Å². The largest absolute Gasteiger partial charge is 0.497 e. The van der Waals surface area contributed by atoms with Crippen LogP contribution in [-0.4, -0.2) is 38.1 Å². The molecule has 0 spiro atoms. The van der Waals surface area contributed by atoms with E-state index in [0.717, 1.165) is 29.0 Å². The average molecular weight is 384 g/mol. The molecule has 0 bridgehead atoms. The van der Waals surface area contributed by atoms with Crippen molar-refractivity contribution in [2.75, 3.05) is 27.3 Å². The summed E-state index contributed by atoms with van der Waals surface area (Å²) in [6.07, 6.45) is 2.61. The molecule has 2 aromatic rings. The van der Waals surface area contributed by atoms with Crippen molar-refractivity contribution in [1.82, 2.24) is 10.2 Å². The molecule has 1 N–H and O–H groups in total. The van der Waals surface area contributed by atoms with Crippen LogP contribution in [0.1, 0.15) is 17.5 Å². The van der Waals surface area contributed by atoms with E-state index in [0.29, 0.717) is 31.8 Å². The maximum atomic E-state index is 13.3. The Morgan fingerprint density at radius 1 is 1.18 bits per heavy atom. The van der Waals surface area contributed by atoms with Crippen molar-refractivity contribution >= 4 is 5.91 Å². The molecule has 6 heteroatoms. The summed E-state index contributed by atoms with van der Waals surface area (Å²) < 4.78 is 23.9. The number of benzene rings is 2. The third-order valence-corrected chi connectivity index (χ3v) is 4.81. The minimum absolute atomic E-state index is 0.0738. The molecule has 0 fully saturated rings. The summed E-state index contributed by atoms with van der Waals surface area (Å²) in [6.45, 7) is 2.47. The van der Waals surface area contributed by atoms with Gasteiger partial charge in [-0.05, 0) is 42.3 Å². The van der Waals surface area contributed by atoms with E-state index in [1.165, 1.54) is 6.07 Å². The first kappa shape index (κ1) is 19.9. The first-order valence-electron chi connectivity index (χ1n) is 9.24. The Bertz CT molecular complexity index is 867. The zero-order valence-corrected chi connectivity index (χ0v) is 16.2. The minimum atomic E-state index is -0.224. The van der Waals surface area contributed by atoms with Gasteiger partial charge in [-0.3, -0.25) is 9.69 Å². The molecule has 3 rings (SSSR count). The Hall–Kier alpha value is -2.86.